The number of hydrogen-bond acceptors (Lipinski definition) is 8. The number of β-amino-alcohol motifs (C(OH)–C–C–N with tert-alkyl or cyclic N) is 1. The van der Waals surface area contributed by atoms with Gasteiger partial charge in [0.1, 0.15) is 17.7 Å². The zero-order valence-electron chi connectivity index (χ0n) is 26.1. The molecule has 3 amide bonds. The topological polar surface area (TPSA) is 135 Å². The number of carbonyl (C=O) groups excluding carboxylic acids is 4. The van der Waals surface area contributed by atoms with Gasteiger partial charge in [-0.05, 0) is 32.3 Å². The molecule has 4 rings (SSSR count). The summed E-state index contributed by atoms with van der Waals surface area (Å²) in [4.78, 5) is 58.0. The maximum atomic E-state index is 14.3. The Kier molecular flexibility index (Phi) is 11.6. The van der Waals surface area contributed by atoms with E-state index in [-0.39, 0.29) is 55.4 Å². The average Bonchev–Trinajstić information content (AvgIpc) is 3.60. The molecular weight excluding hydrogens is 646 g/mol. The summed E-state index contributed by atoms with van der Waals surface area (Å²) in [6.07, 6.45) is 2.60. The highest BCUT2D eigenvalue weighted by atomic mass is 79.9. The van der Waals surface area contributed by atoms with E-state index in [1.807, 2.05) is 19.9 Å². The van der Waals surface area contributed by atoms with Crippen molar-refractivity contribution in [1.29, 1.82) is 0 Å². The Bertz CT molecular complexity index is 1260. The Morgan fingerprint density at radius 3 is 2.56 bits per heavy atom. The van der Waals surface area contributed by atoms with E-state index in [2.05, 4.69) is 34.4 Å². The van der Waals surface area contributed by atoms with E-state index in [0.29, 0.717) is 18.4 Å². The molecule has 246 valence electrons. The fraction of sp³-hybridized carbons (Fsp3) is 0.576. The smallest absolute Gasteiger partial charge is 0.313 e. The van der Waals surface area contributed by atoms with Crippen molar-refractivity contribution in [3.8, 4) is 0 Å². The van der Waals surface area contributed by atoms with Crippen LogP contribution >= 0.6 is 15.9 Å². The minimum absolute atomic E-state index is 0.0554. The number of likely N-dealkylation sites (tertiary alicyclic amines) is 1. The van der Waals surface area contributed by atoms with Crippen LogP contribution in [0.15, 0.2) is 55.6 Å². The zero-order chi connectivity index (χ0) is 32.9. The molecule has 3 aliphatic heterocycles. The maximum absolute atomic E-state index is 14.3. The SMILES string of the molecule is C=CCCC(=O)N[C@H](COC)[C@H](OC(=O)[C@H]1[C@@H]2O[C@@]3(CC2Br)[C@@H]1C(=O)N(CCO)[C@@H]3C(=O)N(CC=C)C(C)C)c1ccccc1. The van der Waals surface area contributed by atoms with Crippen LogP contribution in [-0.2, 0) is 33.4 Å². The summed E-state index contributed by atoms with van der Waals surface area (Å²) in [5.41, 5.74) is -0.663. The number of hydrogen-bond donors (Lipinski definition) is 2. The second kappa shape index (κ2) is 15.0. The van der Waals surface area contributed by atoms with Gasteiger partial charge < -0.3 is 34.4 Å². The first-order chi connectivity index (χ1) is 21.6. The van der Waals surface area contributed by atoms with Crippen LogP contribution in [0.4, 0.5) is 0 Å². The normalized spacial score (nSPS) is 28.0. The first-order valence-electron chi connectivity index (χ1n) is 15.3. The van der Waals surface area contributed by atoms with Gasteiger partial charge in [0.05, 0.1) is 37.2 Å². The summed E-state index contributed by atoms with van der Waals surface area (Å²) in [5, 5.41) is 12.8. The van der Waals surface area contributed by atoms with Crippen molar-refractivity contribution in [2.45, 2.75) is 73.9 Å². The highest BCUT2D eigenvalue weighted by molar-refractivity contribution is 9.09. The number of halogens is 1. The van der Waals surface area contributed by atoms with Gasteiger partial charge in [0.25, 0.3) is 0 Å². The van der Waals surface area contributed by atoms with Crippen molar-refractivity contribution in [3.05, 3.63) is 61.2 Å². The number of rotatable bonds is 16. The summed E-state index contributed by atoms with van der Waals surface area (Å²) in [6, 6.07) is 7.06. The van der Waals surface area contributed by atoms with E-state index in [1.165, 1.54) is 12.0 Å². The van der Waals surface area contributed by atoms with Crippen LogP contribution in [0.25, 0.3) is 0 Å². The minimum atomic E-state index is -1.30. The molecule has 1 aromatic rings. The predicted molar refractivity (Wildman–Crippen MR) is 170 cm³/mol. The number of methoxy groups -OCH3 is 1. The second-order valence-corrected chi connectivity index (χ2v) is 13.2. The van der Waals surface area contributed by atoms with Gasteiger partial charge in [-0.1, -0.05) is 58.4 Å². The number of aliphatic hydroxyl groups is 1. The Hall–Kier alpha value is -3.06. The lowest BCUT2D eigenvalue weighted by Gasteiger charge is -2.38. The van der Waals surface area contributed by atoms with Crippen molar-refractivity contribution >= 4 is 39.6 Å². The Labute approximate surface area is 273 Å². The number of nitrogens with zero attached hydrogens (tertiary/aromatic N) is 2. The van der Waals surface area contributed by atoms with Crippen LogP contribution < -0.4 is 5.32 Å². The van der Waals surface area contributed by atoms with Crippen molar-refractivity contribution in [2.75, 3.05) is 33.4 Å². The van der Waals surface area contributed by atoms with Gasteiger partial charge in [-0.15, -0.1) is 13.2 Å². The number of fused-ring (bicyclic) bond motifs is 1. The summed E-state index contributed by atoms with van der Waals surface area (Å²) in [7, 11) is 1.49. The summed E-state index contributed by atoms with van der Waals surface area (Å²) in [6.45, 7) is 11.1. The van der Waals surface area contributed by atoms with Gasteiger partial charge in [-0.2, -0.15) is 0 Å². The lowest BCUT2D eigenvalue weighted by atomic mass is 9.70. The third-order valence-corrected chi connectivity index (χ3v) is 9.72. The molecule has 1 unspecified atom stereocenters. The molecule has 3 fully saturated rings. The lowest BCUT2D eigenvalue weighted by Crippen LogP contribution is -2.58. The highest BCUT2D eigenvalue weighted by Gasteiger charge is 2.77. The molecule has 0 radical (unpaired) electrons. The van der Waals surface area contributed by atoms with Gasteiger partial charge in [0, 0.05) is 37.5 Å². The minimum Gasteiger partial charge on any atom is -0.455 e. The first-order valence-corrected chi connectivity index (χ1v) is 16.3. The number of benzene rings is 1. The molecule has 8 atom stereocenters. The van der Waals surface area contributed by atoms with E-state index in [4.69, 9.17) is 14.2 Å². The van der Waals surface area contributed by atoms with Gasteiger partial charge in [-0.25, -0.2) is 0 Å². The summed E-state index contributed by atoms with van der Waals surface area (Å²) in [5.74, 6) is -3.72. The number of alkyl halides is 1. The molecule has 3 heterocycles. The van der Waals surface area contributed by atoms with Gasteiger partial charge in [0.2, 0.25) is 17.7 Å². The molecule has 2 N–H and O–H groups in total. The number of ether oxygens (including phenoxy) is 3. The fourth-order valence-corrected chi connectivity index (χ4v) is 7.95. The van der Waals surface area contributed by atoms with Gasteiger partial charge in [-0.3, -0.25) is 19.2 Å². The Morgan fingerprint density at radius 1 is 1.24 bits per heavy atom. The van der Waals surface area contributed by atoms with Crippen LogP contribution in [0.1, 0.15) is 44.8 Å². The number of esters is 1. The molecule has 11 nitrogen and oxygen atoms in total. The average molecular weight is 691 g/mol. The maximum Gasteiger partial charge on any atom is 0.313 e. The lowest BCUT2D eigenvalue weighted by molar-refractivity contribution is -0.163. The van der Waals surface area contributed by atoms with E-state index in [0.717, 1.165) is 0 Å². The number of allylic oxidation sites excluding steroid dienone is 1. The Morgan fingerprint density at radius 2 is 1.96 bits per heavy atom. The number of amides is 3. The van der Waals surface area contributed by atoms with Gasteiger partial charge in [0.15, 0.2) is 0 Å². The van der Waals surface area contributed by atoms with Crippen LogP contribution in [0.2, 0.25) is 0 Å². The molecule has 45 heavy (non-hydrogen) atoms. The fourth-order valence-electron chi connectivity index (χ4n) is 7.00. The molecule has 3 aliphatic rings. The van der Waals surface area contributed by atoms with Crippen LogP contribution in [0.5, 0.6) is 0 Å². The molecule has 2 bridgehead atoms. The molecule has 0 saturated carbocycles. The van der Waals surface area contributed by atoms with E-state index in [1.54, 1.807) is 41.3 Å². The largest absolute Gasteiger partial charge is 0.455 e. The Balaban J connectivity index is 1.70. The van der Waals surface area contributed by atoms with E-state index < -0.39 is 53.6 Å². The molecular formula is C33H44BrN3O8. The monoisotopic (exact) mass is 689 g/mol. The van der Waals surface area contributed by atoms with Crippen molar-refractivity contribution < 1.29 is 38.5 Å². The molecule has 3 saturated heterocycles. The summed E-state index contributed by atoms with van der Waals surface area (Å²) < 4.78 is 18.2. The van der Waals surface area contributed by atoms with Crippen LogP contribution in [0, 0.1) is 11.8 Å². The van der Waals surface area contributed by atoms with Crippen molar-refractivity contribution in [3.63, 3.8) is 0 Å². The molecule has 0 aromatic heterocycles. The van der Waals surface area contributed by atoms with Crippen molar-refractivity contribution in [1.82, 2.24) is 15.1 Å². The third kappa shape index (κ3) is 6.74. The standard InChI is InChI=1S/C33H44BrN3O8/c1-6-8-14-24(39)35-23(19-43-5)27(21-12-10-9-11-13-21)44-32(42)25-26-30(40)37(16-17-38)29(31(41)36(15-7-2)20(3)4)33(26)18-22(34)28(25)45-33/h6-7,9-13,20,22-23,25-29,38H,1-2,8,14-19H2,3-5H3,(H,35,39)/t22?,23-,25-,26+,27-,28-,29-,33+/m1/s1. The molecule has 12 heteroatoms. The molecule has 1 spiro atoms. The van der Waals surface area contributed by atoms with Crippen LogP contribution in [-0.4, -0.2) is 107 Å². The second-order valence-electron chi connectivity index (χ2n) is 12.0. The third-order valence-electron chi connectivity index (χ3n) is 8.87. The van der Waals surface area contributed by atoms with E-state index in [9.17, 15) is 24.3 Å². The van der Waals surface area contributed by atoms with Gasteiger partial charge >= 0.3 is 5.97 Å². The number of aliphatic hydroxyl groups excluding tert-OH is 1. The molecule has 1 aromatic carbocycles. The molecule has 0 aliphatic carbocycles. The zero-order valence-corrected chi connectivity index (χ0v) is 27.7. The first kappa shape index (κ1) is 34.8. The number of carbonyl (C=O) groups is 4. The van der Waals surface area contributed by atoms with E-state index >= 15 is 0 Å². The van der Waals surface area contributed by atoms with Crippen LogP contribution in [0.3, 0.4) is 0 Å². The highest BCUT2D eigenvalue weighted by Crippen LogP contribution is 2.60. The van der Waals surface area contributed by atoms with Crippen molar-refractivity contribution in [2.24, 2.45) is 11.8 Å². The predicted octanol–water partition coefficient (Wildman–Crippen LogP) is 2.53. The quantitative estimate of drug-likeness (QED) is 0.154. The summed E-state index contributed by atoms with van der Waals surface area (Å²) >= 11 is 3.67. The number of nitrogens with one attached hydrogen (secondary N) is 1.